The number of nitrogens with one attached hydrogen (secondary N) is 1. The standard InChI is InChI=1S/C28H29N3O2S/c1-5-20(4)22-10-6-8-12-24(22)29-26(32)17-34-28-30-25-13-9-7-11-23(25)27(33)31(28)21-15-18(2)14-19(3)16-21/h6-16,20H,5,17H2,1-4H3,(H,29,32). The van der Waals surface area contributed by atoms with Crippen molar-refractivity contribution in [2.75, 3.05) is 11.1 Å². The van der Waals surface area contributed by atoms with Crippen molar-refractivity contribution in [3.8, 4) is 5.69 Å². The lowest BCUT2D eigenvalue weighted by Crippen LogP contribution is -2.23. The minimum Gasteiger partial charge on any atom is -0.325 e. The molecule has 4 aromatic rings. The number of amides is 1. The molecule has 174 valence electrons. The van der Waals surface area contributed by atoms with E-state index in [1.165, 1.54) is 11.8 Å². The summed E-state index contributed by atoms with van der Waals surface area (Å²) in [7, 11) is 0. The van der Waals surface area contributed by atoms with Gasteiger partial charge >= 0.3 is 0 Å². The van der Waals surface area contributed by atoms with Gasteiger partial charge in [-0.05, 0) is 73.2 Å². The molecular formula is C28H29N3O2S. The van der Waals surface area contributed by atoms with Gasteiger partial charge in [-0.25, -0.2) is 4.98 Å². The van der Waals surface area contributed by atoms with Crippen LogP contribution in [0.4, 0.5) is 5.69 Å². The molecule has 0 aliphatic rings. The number of aryl methyl sites for hydroxylation is 2. The summed E-state index contributed by atoms with van der Waals surface area (Å²) < 4.78 is 1.62. The average molecular weight is 472 g/mol. The summed E-state index contributed by atoms with van der Waals surface area (Å²) in [6, 6.07) is 21.2. The maximum Gasteiger partial charge on any atom is 0.266 e. The van der Waals surface area contributed by atoms with Gasteiger partial charge in [0.05, 0.1) is 22.3 Å². The van der Waals surface area contributed by atoms with Crippen molar-refractivity contribution in [3.63, 3.8) is 0 Å². The van der Waals surface area contributed by atoms with Crippen molar-refractivity contribution in [3.05, 3.63) is 93.8 Å². The molecule has 0 saturated carbocycles. The highest BCUT2D eigenvalue weighted by Crippen LogP contribution is 2.27. The lowest BCUT2D eigenvalue weighted by molar-refractivity contribution is -0.113. The zero-order chi connectivity index (χ0) is 24.2. The van der Waals surface area contributed by atoms with E-state index in [-0.39, 0.29) is 17.2 Å². The first kappa shape index (κ1) is 23.8. The molecule has 0 bridgehead atoms. The summed E-state index contributed by atoms with van der Waals surface area (Å²) in [5.74, 6) is 0.362. The van der Waals surface area contributed by atoms with E-state index in [0.29, 0.717) is 22.0 Å². The maximum absolute atomic E-state index is 13.5. The van der Waals surface area contributed by atoms with Gasteiger partial charge in [0.1, 0.15) is 0 Å². The molecular weight excluding hydrogens is 442 g/mol. The molecule has 3 aromatic carbocycles. The highest BCUT2D eigenvalue weighted by Gasteiger charge is 2.16. The average Bonchev–Trinajstić information content (AvgIpc) is 2.82. The van der Waals surface area contributed by atoms with Gasteiger partial charge in [-0.15, -0.1) is 0 Å². The molecule has 0 spiro atoms. The van der Waals surface area contributed by atoms with E-state index in [4.69, 9.17) is 4.98 Å². The number of fused-ring (bicyclic) bond motifs is 1. The van der Waals surface area contributed by atoms with E-state index >= 15 is 0 Å². The Morgan fingerprint density at radius 3 is 2.44 bits per heavy atom. The number of nitrogens with zero attached hydrogens (tertiary/aromatic N) is 2. The molecule has 6 heteroatoms. The molecule has 1 amide bonds. The largest absolute Gasteiger partial charge is 0.325 e. The molecule has 1 N–H and O–H groups in total. The van der Waals surface area contributed by atoms with Gasteiger partial charge < -0.3 is 5.32 Å². The number of rotatable bonds is 7. The van der Waals surface area contributed by atoms with Crippen molar-refractivity contribution in [1.82, 2.24) is 9.55 Å². The van der Waals surface area contributed by atoms with Crippen LogP contribution in [0.3, 0.4) is 0 Å². The first-order chi connectivity index (χ1) is 16.4. The van der Waals surface area contributed by atoms with Gasteiger partial charge in [0.2, 0.25) is 5.91 Å². The van der Waals surface area contributed by atoms with E-state index in [2.05, 4.69) is 31.3 Å². The van der Waals surface area contributed by atoms with Crippen LogP contribution >= 0.6 is 11.8 Å². The number of carbonyl (C=O) groups is 1. The van der Waals surface area contributed by atoms with Gasteiger partial charge in [0.25, 0.3) is 5.56 Å². The van der Waals surface area contributed by atoms with Gasteiger partial charge in [-0.2, -0.15) is 0 Å². The normalized spacial score (nSPS) is 12.0. The molecule has 0 radical (unpaired) electrons. The molecule has 4 rings (SSSR count). The zero-order valence-corrected chi connectivity index (χ0v) is 20.8. The third-order valence-electron chi connectivity index (χ3n) is 5.92. The predicted molar refractivity (Wildman–Crippen MR) is 141 cm³/mol. The molecule has 1 heterocycles. The van der Waals surface area contributed by atoms with Crippen LogP contribution in [0.15, 0.2) is 76.7 Å². The van der Waals surface area contributed by atoms with E-state index < -0.39 is 0 Å². The highest BCUT2D eigenvalue weighted by molar-refractivity contribution is 7.99. The Labute approximate surface area is 204 Å². The number of para-hydroxylation sites is 2. The third-order valence-corrected chi connectivity index (χ3v) is 6.86. The van der Waals surface area contributed by atoms with E-state index in [1.54, 1.807) is 10.6 Å². The predicted octanol–water partition coefficient (Wildman–Crippen LogP) is 6.25. The minimum atomic E-state index is -0.138. The monoisotopic (exact) mass is 471 g/mol. The summed E-state index contributed by atoms with van der Waals surface area (Å²) in [5, 5.41) is 4.10. The van der Waals surface area contributed by atoms with Crippen LogP contribution in [0.25, 0.3) is 16.6 Å². The van der Waals surface area contributed by atoms with Crippen molar-refractivity contribution in [1.29, 1.82) is 0 Å². The van der Waals surface area contributed by atoms with Gasteiger partial charge in [0.15, 0.2) is 5.16 Å². The van der Waals surface area contributed by atoms with Crippen LogP contribution in [-0.4, -0.2) is 21.2 Å². The minimum absolute atomic E-state index is 0.130. The summed E-state index contributed by atoms with van der Waals surface area (Å²) in [6.07, 6.45) is 0.991. The lowest BCUT2D eigenvalue weighted by atomic mass is 9.97. The Morgan fingerprint density at radius 2 is 1.71 bits per heavy atom. The molecule has 1 aromatic heterocycles. The van der Waals surface area contributed by atoms with Crippen molar-refractivity contribution >= 4 is 34.3 Å². The molecule has 1 unspecified atom stereocenters. The SMILES string of the molecule is CCC(C)c1ccccc1NC(=O)CSc1nc2ccccc2c(=O)n1-c1cc(C)cc(C)c1. The number of benzene rings is 3. The maximum atomic E-state index is 13.5. The highest BCUT2D eigenvalue weighted by atomic mass is 32.2. The summed E-state index contributed by atoms with van der Waals surface area (Å²) in [6.45, 7) is 8.30. The number of carbonyl (C=O) groups excluding carboxylic acids is 1. The Hall–Kier alpha value is -3.38. The smallest absolute Gasteiger partial charge is 0.266 e. The molecule has 0 aliphatic heterocycles. The first-order valence-electron chi connectivity index (χ1n) is 11.5. The van der Waals surface area contributed by atoms with Crippen LogP contribution in [0.5, 0.6) is 0 Å². The van der Waals surface area contributed by atoms with Crippen LogP contribution in [-0.2, 0) is 4.79 Å². The second-order valence-electron chi connectivity index (χ2n) is 8.63. The number of hydrogen-bond acceptors (Lipinski definition) is 4. The summed E-state index contributed by atoms with van der Waals surface area (Å²) in [4.78, 5) is 31.1. The second kappa shape index (κ2) is 10.3. The molecule has 34 heavy (non-hydrogen) atoms. The fourth-order valence-corrected chi connectivity index (χ4v) is 4.91. The molecule has 5 nitrogen and oxygen atoms in total. The van der Waals surface area contributed by atoms with Gasteiger partial charge in [-0.1, -0.05) is 62.0 Å². The van der Waals surface area contributed by atoms with Crippen LogP contribution in [0.2, 0.25) is 0 Å². The summed E-state index contributed by atoms with van der Waals surface area (Å²) in [5.41, 5.74) is 5.32. The van der Waals surface area contributed by atoms with Crippen LogP contribution in [0.1, 0.15) is 42.9 Å². The summed E-state index contributed by atoms with van der Waals surface area (Å²) >= 11 is 1.27. The van der Waals surface area contributed by atoms with Crippen LogP contribution < -0.4 is 10.9 Å². The van der Waals surface area contributed by atoms with Crippen molar-refractivity contribution in [2.24, 2.45) is 0 Å². The van der Waals surface area contributed by atoms with E-state index in [0.717, 1.165) is 34.5 Å². The van der Waals surface area contributed by atoms with E-state index in [1.807, 2.05) is 62.4 Å². The van der Waals surface area contributed by atoms with Gasteiger partial charge in [0, 0.05) is 5.69 Å². The van der Waals surface area contributed by atoms with Gasteiger partial charge in [-0.3, -0.25) is 14.2 Å². The topological polar surface area (TPSA) is 64.0 Å². The molecule has 0 aliphatic carbocycles. The Morgan fingerprint density at radius 1 is 1.03 bits per heavy atom. The zero-order valence-electron chi connectivity index (χ0n) is 20.0. The van der Waals surface area contributed by atoms with Crippen molar-refractivity contribution in [2.45, 2.75) is 45.2 Å². The number of thioether (sulfide) groups is 1. The quantitative estimate of drug-likeness (QED) is 0.256. The Kier molecular flexibility index (Phi) is 7.17. The molecule has 1 atom stereocenters. The Bertz CT molecular complexity index is 1390. The first-order valence-corrected chi connectivity index (χ1v) is 12.5. The fraction of sp³-hybridized carbons (Fsp3) is 0.250. The number of anilines is 1. The fourth-order valence-electron chi connectivity index (χ4n) is 4.09. The lowest BCUT2D eigenvalue weighted by Gasteiger charge is -2.16. The second-order valence-corrected chi connectivity index (χ2v) is 9.57. The van der Waals surface area contributed by atoms with E-state index in [9.17, 15) is 9.59 Å². The molecule has 0 fully saturated rings. The Balaban J connectivity index is 1.67. The van der Waals surface area contributed by atoms with Crippen LogP contribution in [0, 0.1) is 13.8 Å². The third kappa shape index (κ3) is 5.07. The number of aromatic nitrogens is 2. The van der Waals surface area contributed by atoms with Crippen molar-refractivity contribution < 1.29 is 4.79 Å². The number of hydrogen-bond donors (Lipinski definition) is 1. The molecule has 0 saturated heterocycles.